The second-order valence-electron chi connectivity index (χ2n) is 22.0. The largest absolute Gasteiger partial charge is 0.462 e. The number of carbonyl (C=O) groups is 3. The predicted molar refractivity (Wildman–Crippen MR) is 348 cm³/mol. The van der Waals surface area contributed by atoms with Gasteiger partial charge in [0.05, 0.1) is 0 Å². The van der Waals surface area contributed by atoms with Gasteiger partial charge in [0.1, 0.15) is 13.2 Å². The molecule has 0 amide bonds. The first-order valence-corrected chi connectivity index (χ1v) is 33.5. The fourth-order valence-electron chi connectivity index (χ4n) is 9.26. The van der Waals surface area contributed by atoms with Gasteiger partial charge in [0.15, 0.2) is 6.10 Å². The van der Waals surface area contributed by atoms with Crippen LogP contribution in [0.25, 0.3) is 0 Å². The summed E-state index contributed by atoms with van der Waals surface area (Å²) >= 11 is 0. The number of rotatable bonds is 60. The molecule has 0 aromatic carbocycles. The van der Waals surface area contributed by atoms with Crippen molar-refractivity contribution in [2.24, 2.45) is 0 Å². The maximum absolute atomic E-state index is 12.9. The van der Waals surface area contributed by atoms with Gasteiger partial charge in [-0.05, 0) is 109 Å². The highest BCUT2D eigenvalue weighted by Crippen LogP contribution is 2.17. The molecule has 6 heteroatoms. The zero-order valence-electron chi connectivity index (χ0n) is 52.3. The minimum Gasteiger partial charge on any atom is -0.462 e. The van der Waals surface area contributed by atoms with Crippen LogP contribution in [0, 0.1) is 0 Å². The standard InChI is InChI=1S/C74H124O6/c1-4-7-10-13-16-19-22-25-28-31-33-35-36-37-38-40-41-43-46-49-52-55-58-61-64-67-73(76)79-70-71(69-78-72(75)66-63-60-57-54-51-48-45-30-27-24-21-18-15-12-9-6-3)80-74(77)68-65-62-59-56-53-50-47-44-42-39-34-32-29-26-23-20-17-14-11-8-5-2/h7-8,10-11,16-17,19-20,25-26,28-29,33-35,39,44,47,53,56,71H,4-6,9,12-15,18,21-24,27,30-32,36-38,40-43,45-46,48-52,54-55,57-70H2,1-3H3/b10-7-,11-8-,19-16-,20-17-,28-25-,29-26-,35-33-,39-34-,47-44-,56-53-. The summed E-state index contributed by atoms with van der Waals surface area (Å²) in [5.41, 5.74) is 0. The molecule has 0 aromatic heterocycles. The minimum absolute atomic E-state index is 0.0953. The first-order chi connectivity index (χ1) is 39.5. The highest BCUT2D eigenvalue weighted by Gasteiger charge is 2.19. The lowest BCUT2D eigenvalue weighted by molar-refractivity contribution is -0.167. The van der Waals surface area contributed by atoms with Crippen molar-refractivity contribution in [3.05, 3.63) is 122 Å². The molecule has 0 saturated heterocycles. The molecule has 80 heavy (non-hydrogen) atoms. The summed E-state index contributed by atoms with van der Waals surface area (Å²) in [6, 6.07) is 0. The molecule has 0 aliphatic carbocycles. The Morgan fingerprint density at radius 2 is 0.487 bits per heavy atom. The van der Waals surface area contributed by atoms with Crippen LogP contribution in [0.3, 0.4) is 0 Å². The fourth-order valence-corrected chi connectivity index (χ4v) is 9.26. The van der Waals surface area contributed by atoms with Gasteiger partial charge in [-0.1, -0.05) is 303 Å². The summed E-state index contributed by atoms with van der Waals surface area (Å²) in [6.07, 6.45) is 93.5. The van der Waals surface area contributed by atoms with Gasteiger partial charge < -0.3 is 14.2 Å². The second kappa shape index (κ2) is 67.3. The molecule has 1 unspecified atom stereocenters. The van der Waals surface area contributed by atoms with Crippen molar-refractivity contribution in [3.8, 4) is 0 Å². The molecule has 0 aliphatic rings. The molecule has 456 valence electrons. The van der Waals surface area contributed by atoms with E-state index in [2.05, 4.69) is 142 Å². The van der Waals surface area contributed by atoms with E-state index in [-0.39, 0.29) is 37.5 Å². The Labute approximate surface area is 494 Å². The van der Waals surface area contributed by atoms with Crippen molar-refractivity contribution in [3.63, 3.8) is 0 Å². The Bertz CT molecular complexity index is 1650. The van der Waals surface area contributed by atoms with E-state index < -0.39 is 6.10 Å². The molecular weight excluding hydrogens is 985 g/mol. The minimum atomic E-state index is -0.805. The summed E-state index contributed by atoms with van der Waals surface area (Å²) in [6.45, 7) is 6.41. The maximum atomic E-state index is 12.9. The summed E-state index contributed by atoms with van der Waals surface area (Å²) < 4.78 is 16.9. The van der Waals surface area contributed by atoms with Crippen molar-refractivity contribution in [2.45, 2.75) is 316 Å². The number of carbonyl (C=O) groups excluding carboxylic acids is 3. The average Bonchev–Trinajstić information content (AvgIpc) is 3.46. The highest BCUT2D eigenvalue weighted by molar-refractivity contribution is 5.71. The maximum Gasteiger partial charge on any atom is 0.306 e. The molecule has 6 nitrogen and oxygen atoms in total. The lowest BCUT2D eigenvalue weighted by Crippen LogP contribution is -2.30. The van der Waals surface area contributed by atoms with Crippen LogP contribution in [0.2, 0.25) is 0 Å². The molecule has 1 atom stereocenters. The van der Waals surface area contributed by atoms with Gasteiger partial charge in [0.25, 0.3) is 0 Å². The van der Waals surface area contributed by atoms with Crippen molar-refractivity contribution in [2.75, 3.05) is 13.2 Å². The normalized spacial score (nSPS) is 12.9. The molecule has 0 heterocycles. The Morgan fingerprint density at radius 1 is 0.263 bits per heavy atom. The van der Waals surface area contributed by atoms with Crippen LogP contribution in [0.4, 0.5) is 0 Å². The van der Waals surface area contributed by atoms with Gasteiger partial charge in [0.2, 0.25) is 0 Å². The summed E-state index contributed by atoms with van der Waals surface area (Å²) in [7, 11) is 0. The Morgan fingerprint density at radius 3 is 0.787 bits per heavy atom. The zero-order valence-corrected chi connectivity index (χ0v) is 52.3. The quantitative estimate of drug-likeness (QED) is 0.0261. The van der Waals surface area contributed by atoms with E-state index in [0.717, 1.165) is 116 Å². The van der Waals surface area contributed by atoms with Gasteiger partial charge >= 0.3 is 17.9 Å². The van der Waals surface area contributed by atoms with Gasteiger partial charge in [-0.15, -0.1) is 0 Å². The lowest BCUT2D eigenvalue weighted by atomic mass is 10.0. The summed E-state index contributed by atoms with van der Waals surface area (Å²) in [5.74, 6) is -0.931. The monoisotopic (exact) mass is 1110 g/mol. The molecule has 0 fully saturated rings. The van der Waals surface area contributed by atoms with Crippen LogP contribution in [0.1, 0.15) is 310 Å². The SMILES string of the molecule is CC/C=C\C/C=C\C/C=C\C/C=C\C/C=C\C/C=C\CCCCC(=O)OC(COC(=O)CCCCCCCCCCCCCC/C=C\C/C=C\C/C=C\C/C=C\CC)COC(=O)CCCCCCCCCCCCCCCCCC. The molecule has 0 aliphatic heterocycles. The average molecular weight is 1110 g/mol. The summed E-state index contributed by atoms with van der Waals surface area (Å²) in [4.78, 5) is 38.4. The zero-order chi connectivity index (χ0) is 57.8. The van der Waals surface area contributed by atoms with Crippen molar-refractivity contribution in [1.29, 1.82) is 0 Å². The van der Waals surface area contributed by atoms with Gasteiger partial charge in [-0.2, -0.15) is 0 Å². The van der Waals surface area contributed by atoms with Crippen LogP contribution >= 0.6 is 0 Å². The van der Waals surface area contributed by atoms with Crippen LogP contribution in [0.5, 0.6) is 0 Å². The Balaban J connectivity index is 4.42. The van der Waals surface area contributed by atoms with E-state index >= 15 is 0 Å². The third-order valence-electron chi connectivity index (χ3n) is 14.2. The van der Waals surface area contributed by atoms with Crippen LogP contribution in [0.15, 0.2) is 122 Å². The molecule has 0 rings (SSSR count). The van der Waals surface area contributed by atoms with Gasteiger partial charge in [0, 0.05) is 19.3 Å². The smallest absolute Gasteiger partial charge is 0.306 e. The number of unbranched alkanes of at least 4 members (excludes halogenated alkanes) is 29. The number of esters is 3. The third kappa shape index (κ3) is 64.6. The van der Waals surface area contributed by atoms with Crippen molar-refractivity contribution < 1.29 is 28.6 Å². The van der Waals surface area contributed by atoms with E-state index in [1.807, 2.05) is 0 Å². The summed E-state index contributed by atoms with van der Waals surface area (Å²) in [5, 5.41) is 0. The topological polar surface area (TPSA) is 78.9 Å². The Hall–Kier alpha value is -4.19. The highest BCUT2D eigenvalue weighted by atomic mass is 16.6. The van der Waals surface area contributed by atoms with Gasteiger partial charge in [-0.3, -0.25) is 14.4 Å². The lowest BCUT2D eigenvalue weighted by Gasteiger charge is -2.18. The number of hydrogen-bond acceptors (Lipinski definition) is 6. The van der Waals surface area contributed by atoms with Crippen LogP contribution in [-0.4, -0.2) is 37.2 Å². The van der Waals surface area contributed by atoms with Gasteiger partial charge in [-0.25, -0.2) is 0 Å². The van der Waals surface area contributed by atoms with Crippen molar-refractivity contribution in [1.82, 2.24) is 0 Å². The number of allylic oxidation sites excluding steroid dienone is 20. The molecule has 0 N–H and O–H groups in total. The number of hydrogen-bond donors (Lipinski definition) is 0. The molecule has 0 radical (unpaired) electrons. The van der Waals surface area contributed by atoms with E-state index in [1.165, 1.54) is 148 Å². The Kier molecular flexibility index (Phi) is 63.8. The van der Waals surface area contributed by atoms with E-state index in [9.17, 15) is 14.4 Å². The predicted octanol–water partition coefficient (Wildman–Crippen LogP) is 23.2. The van der Waals surface area contributed by atoms with Crippen molar-refractivity contribution >= 4 is 17.9 Å². The van der Waals surface area contributed by atoms with E-state index in [1.54, 1.807) is 0 Å². The van der Waals surface area contributed by atoms with Crippen LogP contribution < -0.4 is 0 Å². The van der Waals surface area contributed by atoms with E-state index in [4.69, 9.17) is 14.2 Å². The molecule has 0 spiro atoms. The van der Waals surface area contributed by atoms with Crippen LogP contribution in [-0.2, 0) is 28.6 Å². The first kappa shape index (κ1) is 75.8. The molecule has 0 saturated carbocycles. The molecular formula is C74H124O6. The fraction of sp³-hybridized carbons (Fsp3) is 0.689. The first-order valence-electron chi connectivity index (χ1n) is 33.5. The molecule has 0 bridgehead atoms. The number of ether oxygens (including phenoxy) is 3. The third-order valence-corrected chi connectivity index (χ3v) is 14.2. The second-order valence-corrected chi connectivity index (χ2v) is 22.0. The van der Waals surface area contributed by atoms with E-state index in [0.29, 0.717) is 19.3 Å². The molecule has 0 aromatic rings.